The monoisotopic (exact) mass is 183 g/mol. The van der Waals surface area contributed by atoms with Crippen molar-refractivity contribution in [3.63, 3.8) is 0 Å². The van der Waals surface area contributed by atoms with Gasteiger partial charge in [-0.05, 0) is 24.6 Å². The van der Waals surface area contributed by atoms with Gasteiger partial charge in [0.25, 0.3) is 0 Å². The Hall–Kier alpha value is -1.09. The van der Waals surface area contributed by atoms with Crippen molar-refractivity contribution in [2.24, 2.45) is 5.73 Å². The molecule has 0 spiro atoms. The first-order valence-corrected chi connectivity index (χ1v) is 4.26. The minimum Gasteiger partial charge on any atom is -0.491 e. The number of rotatable bonds is 4. The lowest BCUT2D eigenvalue weighted by Crippen LogP contribution is -2.22. The molecule has 0 unspecified atom stereocenters. The lowest BCUT2D eigenvalue weighted by atomic mass is 10.2. The van der Waals surface area contributed by atoms with Crippen LogP contribution in [0.5, 0.6) is 5.75 Å². The van der Waals surface area contributed by atoms with Gasteiger partial charge in [0.2, 0.25) is 0 Å². The van der Waals surface area contributed by atoms with Crippen molar-refractivity contribution < 1.29 is 9.13 Å². The Balaban J connectivity index is 2.45. The molecule has 0 aliphatic rings. The molecule has 2 N–H and O–H groups in total. The van der Waals surface area contributed by atoms with E-state index in [9.17, 15) is 4.39 Å². The summed E-state index contributed by atoms with van der Waals surface area (Å²) >= 11 is 0. The van der Waals surface area contributed by atoms with Gasteiger partial charge in [0.15, 0.2) is 0 Å². The van der Waals surface area contributed by atoms with Gasteiger partial charge in [-0.25, -0.2) is 4.39 Å². The molecule has 0 amide bonds. The maximum absolute atomic E-state index is 12.7. The highest BCUT2D eigenvalue weighted by molar-refractivity contribution is 5.27. The van der Waals surface area contributed by atoms with E-state index in [0.717, 1.165) is 5.56 Å². The number of alkyl halides is 1. The van der Waals surface area contributed by atoms with E-state index in [1.807, 2.05) is 25.1 Å². The second-order valence-corrected chi connectivity index (χ2v) is 2.96. The van der Waals surface area contributed by atoms with Crippen molar-refractivity contribution >= 4 is 0 Å². The van der Waals surface area contributed by atoms with Crippen LogP contribution in [0.2, 0.25) is 0 Å². The third-order valence-corrected chi connectivity index (χ3v) is 1.68. The maximum atomic E-state index is 12.7. The third-order valence-electron chi connectivity index (χ3n) is 1.68. The molecule has 0 aliphatic heterocycles. The molecule has 2 nitrogen and oxygen atoms in total. The van der Waals surface area contributed by atoms with E-state index in [-0.39, 0.29) is 13.2 Å². The summed E-state index contributed by atoms with van der Waals surface area (Å²) in [7, 11) is 0. The maximum Gasteiger partial charge on any atom is 0.146 e. The van der Waals surface area contributed by atoms with Gasteiger partial charge in [0, 0.05) is 6.54 Å². The van der Waals surface area contributed by atoms with Crippen molar-refractivity contribution in [2.45, 2.75) is 13.1 Å². The van der Waals surface area contributed by atoms with E-state index >= 15 is 0 Å². The highest BCUT2D eigenvalue weighted by Gasteiger charge is 2.03. The second-order valence-electron chi connectivity index (χ2n) is 2.96. The van der Waals surface area contributed by atoms with E-state index in [4.69, 9.17) is 10.5 Å². The lowest BCUT2D eigenvalue weighted by molar-refractivity contribution is 0.201. The molecule has 0 aliphatic carbocycles. The SMILES string of the molecule is Cc1cccc(OC[C@@H](F)CN)c1. The Morgan fingerprint density at radius 1 is 1.54 bits per heavy atom. The van der Waals surface area contributed by atoms with Crippen LogP contribution < -0.4 is 10.5 Å². The summed E-state index contributed by atoms with van der Waals surface area (Å²) in [6, 6.07) is 7.50. The zero-order valence-corrected chi connectivity index (χ0v) is 7.66. The average molecular weight is 183 g/mol. The molecule has 0 bridgehead atoms. The largest absolute Gasteiger partial charge is 0.491 e. The first kappa shape index (κ1) is 9.99. The Morgan fingerprint density at radius 2 is 2.31 bits per heavy atom. The summed E-state index contributed by atoms with van der Waals surface area (Å²) in [5.74, 6) is 0.691. The second kappa shape index (κ2) is 4.82. The van der Waals surface area contributed by atoms with Crippen LogP contribution in [0.3, 0.4) is 0 Å². The Kier molecular flexibility index (Phi) is 3.71. The molecule has 1 aromatic carbocycles. The van der Waals surface area contributed by atoms with E-state index in [1.54, 1.807) is 6.07 Å². The zero-order valence-electron chi connectivity index (χ0n) is 7.66. The molecule has 0 heterocycles. The van der Waals surface area contributed by atoms with Crippen molar-refractivity contribution in [2.75, 3.05) is 13.2 Å². The number of ether oxygens (including phenoxy) is 1. The zero-order chi connectivity index (χ0) is 9.68. The first-order chi connectivity index (χ1) is 6.22. The molecule has 1 rings (SSSR count). The van der Waals surface area contributed by atoms with Crippen LogP contribution >= 0.6 is 0 Å². The van der Waals surface area contributed by atoms with Crippen LogP contribution in [-0.2, 0) is 0 Å². The van der Waals surface area contributed by atoms with E-state index in [2.05, 4.69) is 0 Å². The lowest BCUT2D eigenvalue weighted by Gasteiger charge is -2.08. The van der Waals surface area contributed by atoms with Crippen molar-refractivity contribution in [3.8, 4) is 5.75 Å². The van der Waals surface area contributed by atoms with Crippen molar-refractivity contribution in [3.05, 3.63) is 29.8 Å². The topological polar surface area (TPSA) is 35.2 Å². The van der Waals surface area contributed by atoms with Crippen LogP contribution in [0.4, 0.5) is 4.39 Å². The van der Waals surface area contributed by atoms with Gasteiger partial charge in [-0.1, -0.05) is 12.1 Å². The number of benzene rings is 1. The number of hydrogen-bond donors (Lipinski definition) is 1. The Labute approximate surface area is 77.5 Å². The molecule has 72 valence electrons. The highest BCUT2D eigenvalue weighted by atomic mass is 19.1. The number of nitrogens with two attached hydrogens (primary N) is 1. The first-order valence-electron chi connectivity index (χ1n) is 4.26. The number of hydrogen-bond acceptors (Lipinski definition) is 2. The predicted molar refractivity (Wildman–Crippen MR) is 50.6 cm³/mol. The summed E-state index contributed by atoms with van der Waals surface area (Å²) in [4.78, 5) is 0. The minimum atomic E-state index is -1.08. The normalized spacial score (nSPS) is 12.5. The van der Waals surface area contributed by atoms with Crippen molar-refractivity contribution in [1.82, 2.24) is 0 Å². The van der Waals surface area contributed by atoms with Gasteiger partial charge in [-0.3, -0.25) is 0 Å². The quantitative estimate of drug-likeness (QED) is 0.770. The van der Waals surface area contributed by atoms with E-state index < -0.39 is 6.17 Å². The van der Waals surface area contributed by atoms with Crippen molar-refractivity contribution in [1.29, 1.82) is 0 Å². The fourth-order valence-electron chi connectivity index (χ4n) is 0.960. The molecule has 0 radical (unpaired) electrons. The smallest absolute Gasteiger partial charge is 0.146 e. The molecule has 0 saturated heterocycles. The van der Waals surface area contributed by atoms with Crippen LogP contribution in [0.25, 0.3) is 0 Å². The Bertz CT molecular complexity index is 265. The molecule has 3 heteroatoms. The molecule has 0 saturated carbocycles. The summed E-state index contributed by atoms with van der Waals surface area (Å²) < 4.78 is 17.9. The summed E-state index contributed by atoms with van der Waals surface area (Å²) in [6.45, 7) is 1.99. The number of halogens is 1. The molecule has 0 fully saturated rings. The highest BCUT2D eigenvalue weighted by Crippen LogP contribution is 2.12. The minimum absolute atomic E-state index is 0.00577. The molecule has 1 atom stereocenters. The molecular formula is C10H14FNO. The summed E-state index contributed by atoms with van der Waals surface area (Å²) in [5.41, 5.74) is 6.21. The average Bonchev–Trinajstić information content (AvgIpc) is 2.14. The molecule has 0 aromatic heterocycles. The van der Waals surface area contributed by atoms with E-state index in [0.29, 0.717) is 5.75 Å². The third kappa shape index (κ3) is 3.42. The standard InChI is InChI=1S/C10H14FNO/c1-8-3-2-4-10(5-8)13-7-9(11)6-12/h2-5,9H,6-7,12H2,1H3/t9-/m0/s1. The van der Waals surface area contributed by atoms with Gasteiger partial charge in [-0.15, -0.1) is 0 Å². The summed E-state index contributed by atoms with van der Waals surface area (Å²) in [6.07, 6.45) is -1.08. The van der Waals surface area contributed by atoms with Gasteiger partial charge in [0.1, 0.15) is 18.5 Å². The molecule has 13 heavy (non-hydrogen) atoms. The fourth-order valence-corrected chi connectivity index (χ4v) is 0.960. The van der Waals surface area contributed by atoms with Crippen LogP contribution in [0, 0.1) is 6.92 Å². The van der Waals surface area contributed by atoms with Crippen LogP contribution in [0.15, 0.2) is 24.3 Å². The Morgan fingerprint density at radius 3 is 2.92 bits per heavy atom. The van der Waals surface area contributed by atoms with Crippen LogP contribution in [-0.4, -0.2) is 19.3 Å². The molecule has 1 aromatic rings. The predicted octanol–water partition coefficient (Wildman–Crippen LogP) is 1.67. The van der Waals surface area contributed by atoms with Gasteiger partial charge >= 0.3 is 0 Å². The fraction of sp³-hybridized carbons (Fsp3) is 0.400. The van der Waals surface area contributed by atoms with Gasteiger partial charge < -0.3 is 10.5 Å². The summed E-state index contributed by atoms with van der Waals surface area (Å²) in [5, 5.41) is 0. The molecular weight excluding hydrogens is 169 g/mol. The van der Waals surface area contributed by atoms with Gasteiger partial charge in [-0.2, -0.15) is 0 Å². The van der Waals surface area contributed by atoms with Gasteiger partial charge in [0.05, 0.1) is 0 Å². The van der Waals surface area contributed by atoms with Crippen LogP contribution in [0.1, 0.15) is 5.56 Å². The number of aryl methyl sites for hydroxylation is 1. The van der Waals surface area contributed by atoms with E-state index in [1.165, 1.54) is 0 Å².